The molecule has 4 nitrogen and oxygen atoms in total. The molecule has 6 heteroatoms. The van der Waals surface area contributed by atoms with Gasteiger partial charge in [0.1, 0.15) is 0 Å². The standard InChI is InChI=1S/C19H25ClNO3P/c1-4-5-14-24-25(23,18-12-10-17(11-13-18)21(2)3)19(22)15-6-8-16(20)9-7-15/h6-13,19,22H,4-5,14H2,1-3H3/t19-,25-/m1/s1. The zero-order valence-corrected chi connectivity index (χ0v) is 16.5. The van der Waals surface area contributed by atoms with Crippen molar-refractivity contribution in [1.29, 1.82) is 0 Å². The van der Waals surface area contributed by atoms with Gasteiger partial charge < -0.3 is 14.5 Å². The van der Waals surface area contributed by atoms with Crippen LogP contribution in [0.5, 0.6) is 0 Å². The minimum absolute atomic E-state index is 0.341. The maximum absolute atomic E-state index is 13.6. The predicted octanol–water partition coefficient (Wildman–Crippen LogP) is 4.82. The van der Waals surface area contributed by atoms with Gasteiger partial charge in [-0.3, -0.25) is 4.57 Å². The summed E-state index contributed by atoms with van der Waals surface area (Å²) in [4.78, 5) is 1.96. The number of nitrogens with zero attached hydrogens (tertiary/aromatic N) is 1. The Labute approximate surface area is 154 Å². The van der Waals surface area contributed by atoms with Crippen LogP contribution in [0, 0.1) is 0 Å². The molecule has 0 spiro atoms. The molecule has 0 unspecified atom stereocenters. The fourth-order valence-electron chi connectivity index (χ4n) is 2.42. The van der Waals surface area contributed by atoms with Crippen LogP contribution in [0.15, 0.2) is 48.5 Å². The van der Waals surface area contributed by atoms with E-state index in [2.05, 4.69) is 0 Å². The predicted molar refractivity (Wildman–Crippen MR) is 105 cm³/mol. The van der Waals surface area contributed by atoms with Crippen LogP contribution in [0.25, 0.3) is 0 Å². The van der Waals surface area contributed by atoms with Crippen molar-refractivity contribution in [2.75, 3.05) is 25.6 Å². The number of unbranched alkanes of at least 4 members (excludes halogenated alkanes) is 1. The van der Waals surface area contributed by atoms with Gasteiger partial charge in [0.05, 0.1) is 6.61 Å². The van der Waals surface area contributed by atoms with Crippen molar-refractivity contribution >= 4 is 30.0 Å². The highest BCUT2D eigenvalue weighted by Gasteiger charge is 2.36. The number of hydrogen-bond acceptors (Lipinski definition) is 4. The molecule has 0 fully saturated rings. The maximum atomic E-state index is 13.6. The fraction of sp³-hybridized carbons (Fsp3) is 0.368. The van der Waals surface area contributed by atoms with E-state index >= 15 is 0 Å². The first-order valence-electron chi connectivity index (χ1n) is 8.34. The summed E-state index contributed by atoms with van der Waals surface area (Å²) in [5.74, 6) is -1.23. The van der Waals surface area contributed by atoms with E-state index in [1.807, 2.05) is 38.1 Å². The first-order chi connectivity index (χ1) is 11.9. The zero-order valence-electron chi connectivity index (χ0n) is 14.9. The van der Waals surface area contributed by atoms with Crippen molar-refractivity contribution in [2.45, 2.75) is 25.6 Å². The lowest BCUT2D eigenvalue weighted by Crippen LogP contribution is -2.16. The Hall–Kier alpha value is -1.32. The number of hydrogen-bond donors (Lipinski definition) is 1. The minimum atomic E-state index is -3.49. The van der Waals surface area contributed by atoms with Gasteiger partial charge in [0.15, 0.2) is 5.85 Å². The van der Waals surface area contributed by atoms with Crippen molar-refractivity contribution in [3.63, 3.8) is 0 Å². The summed E-state index contributed by atoms with van der Waals surface area (Å²) in [6, 6.07) is 14.0. The molecular formula is C19H25ClNO3P. The molecule has 0 amide bonds. The second-order valence-corrected chi connectivity index (χ2v) is 9.01. The van der Waals surface area contributed by atoms with E-state index < -0.39 is 13.2 Å². The summed E-state index contributed by atoms with van der Waals surface area (Å²) in [5, 5.41) is 11.9. The molecule has 0 bridgehead atoms. The van der Waals surface area contributed by atoms with E-state index in [9.17, 15) is 9.67 Å². The van der Waals surface area contributed by atoms with Crippen LogP contribution in [0.3, 0.4) is 0 Å². The van der Waals surface area contributed by atoms with Gasteiger partial charge in [-0.15, -0.1) is 0 Å². The Morgan fingerprint density at radius 1 is 1.12 bits per heavy atom. The van der Waals surface area contributed by atoms with Crippen LogP contribution in [-0.4, -0.2) is 25.8 Å². The van der Waals surface area contributed by atoms with Crippen LogP contribution < -0.4 is 10.2 Å². The molecule has 2 atom stereocenters. The molecule has 0 saturated carbocycles. The number of aliphatic hydroxyl groups is 1. The van der Waals surface area contributed by atoms with Crippen molar-refractivity contribution in [2.24, 2.45) is 0 Å². The smallest absolute Gasteiger partial charge is 0.264 e. The number of halogens is 1. The Kier molecular flexibility index (Phi) is 7.09. The van der Waals surface area contributed by atoms with Crippen LogP contribution in [0.2, 0.25) is 5.02 Å². The lowest BCUT2D eigenvalue weighted by molar-refractivity contribution is 0.213. The van der Waals surface area contributed by atoms with Crippen molar-refractivity contribution in [3.05, 3.63) is 59.1 Å². The SMILES string of the molecule is CCCCO[P@](=O)(c1ccc(N(C)C)cc1)[C@@H](O)c1ccc(Cl)cc1. The van der Waals surface area contributed by atoms with Gasteiger partial charge >= 0.3 is 0 Å². The van der Waals surface area contributed by atoms with Crippen molar-refractivity contribution < 1.29 is 14.2 Å². The molecule has 0 aliphatic rings. The number of anilines is 1. The summed E-state index contributed by atoms with van der Waals surface area (Å²) < 4.78 is 19.4. The Morgan fingerprint density at radius 2 is 1.72 bits per heavy atom. The third-order valence-corrected chi connectivity index (χ3v) is 6.78. The summed E-state index contributed by atoms with van der Waals surface area (Å²) in [6.07, 6.45) is 1.71. The van der Waals surface area contributed by atoms with E-state index in [4.69, 9.17) is 16.1 Å². The highest BCUT2D eigenvalue weighted by atomic mass is 35.5. The van der Waals surface area contributed by atoms with Gasteiger partial charge in [0.25, 0.3) is 7.37 Å². The highest BCUT2D eigenvalue weighted by molar-refractivity contribution is 7.67. The van der Waals surface area contributed by atoms with Gasteiger partial charge in [-0.2, -0.15) is 0 Å². The molecule has 2 aromatic carbocycles. The molecule has 0 saturated heterocycles. The molecule has 2 rings (SSSR count). The van der Waals surface area contributed by atoms with Crippen LogP contribution in [0.1, 0.15) is 31.2 Å². The minimum Gasteiger partial charge on any atom is -0.378 e. The van der Waals surface area contributed by atoms with Gasteiger partial charge in [0, 0.05) is 30.1 Å². The number of aliphatic hydroxyl groups excluding tert-OH is 1. The molecular weight excluding hydrogens is 357 g/mol. The molecule has 0 heterocycles. The van der Waals surface area contributed by atoms with Gasteiger partial charge in [-0.25, -0.2) is 0 Å². The van der Waals surface area contributed by atoms with Gasteiger partial charge in [-0.1, -0.05) is 37.1 Å². The lowest BCUT2D eigenvalue weighted by Gasteiger charge is -2.25. The monoisotopic (exact) mass is 381 g/mol. The van der Waals surface area contributed by atoms with Gasteiger partial charge in [-0.05, 0) is 48.4 Å². The van der Waals surface area contributed by atoms with E-state index in [1.54, 1.807) is 36.4 Å². The molecule has 25 heavy (non-hydrogen) atoms. The van der Waals surface area contributed by atoms with E-state index in [-0.39, 0.29) is 0 Å². The summed E-state index contributed by atoms with van der Waals surface area (Å²) >= 11 is 5.91. The Morgan fingerprint density at radius 3 is 2.24 bits per heavy atom. The average Bonchev–Trinajstić information content (AvgIpc) is 2.62. The first-order valence-corrected chi connectivity index (χ1v) is 10.4. The average molecular weight is 382 g/mol. The molecule has 0 aliphatic carbocycles. The Bertz CT molecular complexity index is 716. The quantitative estimate of drug-likeness (QED) is 0.526. The summed E-state index contributed by atoms with van der Waals surface area (Å²) in [5.41, 5.74) is 1.52. The van der Waals surface area contributed by atoms with E-state index in [1.165, 1.54) is 0 Å². The van der Waals surface area contributed by atoms with Gasteiger partial charge in [0.2, 0.25) is 0 Å². The van der Waals surface area contributed by atoms with Crippen LogP contribution in [0.4, 0.5) is 5.69 Å². The Balaban J connectivity index is 2.38. The summed E-state index contributed by atoms with van der Waals surface area (Å²) in [6.45, 7) is 2.38. The molecule has 2 aromatic rings. The van der Waals surface area contributed by atoms with Crippen molar-refractivity contribution in [1.82, 2.24) is 0 Å². The zero-order chi connectivity index (χ0) is 18.4. The van der Waals surface area contributed by atoms with E-state index in [0.717, 1.165) is 18.5 Å². The number of benzene rings is 2. The van der Waals surface area contributed by atoms with Crippen LogP contribution >= 0.6 is 19.0 Å². The largest absolute Gasteiger partial charge is 0.378 e. The second kappa shape index (κ2) is 8.86. The third kappa shape index (κ3) is 4.86. The topological polar surface area (TPSA) is 49.8 Å². The molecule has 1 N–H and O–H groups in total. The molecule has 0 aromatic heterocycles. The molecule has 0 radical (unpaired) electrons. The van der Waals surface area contributed by atoms with Crippen molar-refractivity contribution in [3.8, 4) is 0 Å². The number of rotatable bonds is 8. The third-order valence-electron chi connectivity index (χ3n) is 4.00. The lowest BCUT2D eigenvalue weighted by atomic mass is 10.2. The molecule has 0 aliphatic heterocycles. The molecule has 136 valence electrons. The summed E-state index contributed by atoms with van der Waals surface area (Å²) in [7, 11) is 0.393. The van der Waals surface area contributed by atoms with Crippen LogP contribution in [-0.2, 0) is 9.09 Å². The van der Waals surface area contributed by atoms with E-state index in [0.29, 0.717) is 22.5 Å². The second-order valence-electron chi connectivity index (χ2n) is 6.12. The normalized spacial score (nSPS) is 14.8. The first kappa shape index (κ1) is 20.0. The highest BCUT2D eigenvalue weighted by Crippen LogP contribution is 2.57. The maximum Gasteiger partial charge on any atom is 0.264 e. The fourth-order valence-corrected chi connectivity index (χ4v) is 4.65.